The van der Waals surface area contributed by atoms with E-state index in [1.165, 1.54) is 18.9 Å². The van der Waals surface area contributed by atoms with Gasteiger partial charge in [0, 0.05) is 14.0 Å². The lowest BCUT2D eigenvalue weighted by atomic mass is 9.92. The molecule has 1 aromatic carbocycles. The first kappa shape index (κ1) is 13.1. The van der Waals surface area contributed by atoms with E-state index in [0.717, 1.165) is 11.1 Å². The highest BCUT2D eigenvalue weighted by molar-refractivity contribution is 9.09. The molecule has 1 amide bonds. The highest BCUT2D eigenvalue weighted by atomic mass is 79.9. The van der Waals surface area contributed by atoms with Crippen LogP contribution in [0.15, 0.2) is 24.3 Å². The molecule has 3 atom stereocenters. The number of methoxy groups -OCH3 is 1. The van der Waals surface area contributed by atoms with Gasteiger partial charge in [-0.15, -0.1) is 0 Å². The molecule has 0 spiro atoms. The molecule has 0 aromatic heterocycles. The second-order valence-corrected chi connectivity index (χ2v) is 5.10. The molecule has 5 heteroatoms. The van der Waals surface area contributed by atoms with E-state index in [1.54, 1.807) is 0 Å². The van der Waals surface area contributed by atoms with Gasteiger partial charge >= 0.3 is 0 Å². The van der Waals surface area contributed by atoms with Gasteiger partial charge in [0.05, 0.1) is 10.9 Å². The Hall–Kier alpha value is -1.38. The van der Waals surface area contributed by atoms with Crippen LogP contribution in [0.1, 0.15) is 28.9 Å². The Labute approximate surface area is 114 Å². The molecule has 18 heavy (non-hydrogen) atoms. The largest absolute Gasteiger partial charge is 0.360 e. The molecule has 0 unspecified atom stereocenters. The minimum Gasteiger partial charge on any atom is -0.360 e. The summed E-state index contributed by atoms with van der Waals surface area (Å²) in [5, 5.41) is 9.34. The molecule has 0 bridgehead atoms. The zero-order valence-electron chi connectivity index (χ0n) is 10.1. The molecule has 0 radical (unpaired) electrons. The van der Waals surface area contributed by atoms with Crippen molar-refractivity contribution in [3.63, 3.8) is 0 Å². The Bertz CT molecular complexity index is 512. The molecule has 1 aromatic rings. The molecule has 0 aliphatic carbocycles. The summed E-state index contributed by atoms with van der Waals surface area (Å²) in [5.41, 5.74) is 1.85. The van der Waals surface area contributed by atoms with Crippen LogP contribution in [0.5, 0.6) is 0 Å². The second kappa shape index (κ2) is 5.09. The number of hydrogen-bond donors (Lipinski definition) is 0. The molecule has 4 nitrogen and oxygen atoms in total. The van der Waals surface area contributed by atoms with Crippen LogP contribution in [0.4, 0.5) is 0 Å². The van der Waals surface area contributed by atoms with Gasteiger partial charge in [0.2, 0.25) is 5.91 Å². The van der Waals surface area contributed by atoms with Gasteiger partial charge in [0.1, 0.15) is 12.3 Å². The van der Waals surface area contributed by atoms with Gasteiger partial charge in [-0.2, -0.15) is 5.26 Å². The Morgan fingerprint density at radius 1 is 1.44 bits per heavy atom. The van der Waals surface area contributed by atoms with Crippen LogP contribution in [-0.4, -0.2) is 24.1 Å². The average molecular weight is 309 g/mol. The van der Waals surface area contributed by atoms with E-state index >= 15 is 0 Å². The van der Waals surface area contributed by atoms with Gasteiger partial charge in [0.25, 0.3) is 0 Å². The maximum atomic E-state index is 11.8. The Balaban J connectivity index is 2.59. The molecule has 94 valence electrons. The van der Waals surface area contributed by atoms with Crippen LogP contribution in [0, 0.1) is 11.3 Å². The zero-order chi connectivity index (χ0) is 13.3. The zero-order valence-corrected chi connectivity index (χ0v) is 11.7. The normalized spacial score (nSPS) is 26.3. The summed E-state index contributed by atoms with van der Waals surface area (Å²) in [7, 11) is 1.54. The number of hydrogen-bond acceptors (Lipinski definition) is 3. The molecule has 2 rings (SSSR count). The molecule has 1 aliphatic rings. The van der Waals surface area contributed by atoms with Crippen LogP contribution in [0.25, 0.3) is 0 Å². The maximum absolute atomic E-state index is 11.8. The van der Waals surface area contributed by atoms with Crippen molar-refractivity contribution in [3.05, 3.63) is 35.4 Å². The molecular weight excluding hydrogens is 296 g/mol. The maximum Gasteiger partial charge on any atom is 0.222 e. The number of benzene rings is 1. The molecule has 1 aliphatic heterocycles. The number of nitriles is 1. The molecule has 0 N–H and O–H groups in total. The van der Waals surface area contributed by atoms with Crippen molar-refractivity contribution in [2.75, 3.05) is 7.11 Å². The Kier molecular flexibility index (Phi) is 3.69. The van der Waals surface area contributed by atoms with E-state index in [1.807, 2.05) is 24.3 Å². The van der Waals surface area contributed by atoms with Crippen molar-refractivity contribution in [2.24, 2.45) is 0 Å². The number of ether oxygens (including phenoxy) is 1. The van der Waals surface area contributed by atoms with Gasteiger partial charge in [-0.25, -0.2) is 0 Å². The number of carbonyl (C=O) groups is 1. The lowest BCUT2D eigenvalue weighted by Crippen LogP contribution is -2.47. The molecule has 0 saturated heterocycles. The SMILES string of the molecule is CO[C@H]1[C@H](Br)c2ccccc2[C@H](C#N)N1C(C)=O. The van der Waals surface area contributed by atoms with Crippen LogP contribution >= 0.6 is 15.9 Å². The fourth-order valence-electron chi connectivity index (χ4n) is 2.33. The lowest BCUT2D eigenvalue weighted by molar-refractivity contribution is -0.145. The number of carbonyl (C=O) groups excluding carboxylic acids is 1. The Morgan fingerprint density at radius 3 is 2.56 bits per heavy atom. The van der Waals surface area contributed by atoms with E-state index in [-0.39, 0.29) is 10.7 Å². The van der Waals surface area contributed by atoms with E-state index in [2.05, 4.69) is 22.0 Å². The lowest BCUT2D eigenvalue weighted by Gasteiger charge is -2.41. The highest BCUT2D eigenvalue weighted by Gasteiger charge is 2.41. The molecule has 1 heterocycles. The van der Waals surface area contributed by atoms with Gasteiger partial charge < -0.3 is 4.74 Å². The van der Waals surface area contributed by atoms with Crippen molar-refractivity contribution >= 4 is 21.8 Å². The topological polar surface area (TPSA) is 53.3 Å². The minimum atomic E-state index is -0.600. The summed E-state index contributed by atoms with van der Waals surface area (Å²) in [6.45, 7) is 1.45. The van der Waals surface area contributed by atoms with Gasteiger partial charge in [0.15, 0.2) is 0 Å². The molecule has 0 saturated carbocycles. The van der Waals surface area contributed by atoms with Gasteiger partial charge in [-0.1, -0.05) is 40.2 Å². The number of halogens is 1. The third-order valence-electron chi connectivity index (χ3n) is 3.12. The monoisotopic (exact) mass is 308 g/mol. The predicted octanol–water partition coefficient (Wildman–Crippen LogP) is 2.52. The van der Waals surface area contributed by atoms with Gasteiger partial charge in [-0.05, 0) is 11.1 Å². The van der Waals surface area contributed by atoms with E-state index in [0.29, 0.717) is 0 Å². The fourth-order valence-corrected chi connectivity index (χ4v) is 3.22. The number of fused-ring (bicyclic) bond motifs is 1. The standard InChI is InChI=1S/C13H13BrN2O2/c1-8(17)16-11(7-15)9-5-3-4-6-10(9)12(14)13(16)18-2/h3-6,11-13H,1-2H3/t11-,12+,13-/m0/s1. The van der Waals surface area contributed by atoms with E-state index in [9.17, 15) is 10.1 Å². The molecular formula is C13H13BrN2O2. The van der Waals surface area contributed by atoms with Crippen LogP contribution in [0.2, 0.25) is 0 Å². The van der Waals surface area contributed by atoms with Crippen molar-refractivity contribution in [3.8, 4) is 6.07 Å². The summed E-state index contributed by atoms with van der Waals surface area (Å²) in [6, 6.07) is 9.19. The van der Waals surface area contributed by atoms with Crippen LogP contribution in [0.3, 0.4) is 0 Å². The van der Waals surface area contributed by atoms with Gasteiger partial charge in [-0.3, -0.25) is 9.69 Å². The highest BCUT2D eigenvalue weighted by Crippen LogP contribution is 2.43. The van der Waals surface area contributed by atoms with Crippen molar-refractivity contribution in [2.45, 2.75) is 24.0 Å². The van der Waals surface area contributed by atoms with Crippen LogP contribution < -0.4 is 0 Å². The number of rotatable bonds is 1. The average Bonchev–Trinajstić information content (AvgIpc) is 2.38. The first-order chi connectivity index (χ1) is 8.61. The minimum absolute atomic E-state index is 0.132. The number of amides is 1. The van der Waals surface area contributed by atoms with Crippen molar-refractivity contribution < 1.29 is 9.53 Å². The van der Waals surface area contributed by atoms with Crippen LogP contribution in [-0.2, 0) is 9.53 Å². The summed E-state index contributed by atoms with van der Waals surface area (Å²) in [5.74, 6) is -0.174. The summed E-state index contributed by atoms with van der Waals surface area (Å²) in [4.78, 5) is 13.1. The third kappa shape index (κ3) is 1.92. The predicted molar refractivity (Wildman–Crippen MR) is 69.8 cm³/mol. The first-order valence-electron chi connectivity index (χ1n) is 5.56. The number of alkyl halides is 1. The third-order valence-corrected chi connectivity index (χ3v) is 4.06. The second-order valence-electron chi connectivity index (χ2n) is 4.11. The summed E-state index contributed by atoms with van der Waals surface area (Å²) < 4.78 is 5.37. The Morgan fingerprint density at radius 2 is 2.06 bits per heavy atom. The van der Waals surface area contributed by atoms with E-state index in [4.69, 9.17) is 4.74 Å². The smallest absolute Gasteiger partial charge is 0.222 e. The quantitative estimate of drug-likeness (QED) is 0.749. The van der Waals surface area contributed by atoms with Crippen molar-refractivity contribution in [1.82, 2.24) is 4.90 Å². The fraction of sp³-hybridized carbons (Fsp3) is 0.385. The first-order valence-corrected chi connectivity index (χ1v) is 6.47. The molecule has 0 fully saturated rings. The summed E-state index contributed by atoms with van der Waals surface area (Å²) >= 11 is 3.55. The number of nitrogens with zero attached hydrogens (tertiary/aromatic N) is 2. The van der Waals surface area contributed by atoms with Crippen molar-refractivity contribution in [1.29, 1.82) is 5.26 Å². The summed E-state index contributed by atoms with van der Waals surface area (Å²) in [6.07, 6.45) is -0.470. The van der Waals surface area contributed by atoms with E-state index < -0.39 is 12.3 Å².